The van der Waals surface area contributed by atoms with Crippen molar-refractivity contribution in [2.24, 2.45) is 47.3 Å². The number of hydrogen-bond donors (Lipinski definition) is 10. The summed E-state index contributed by atoms with van der Waals surface area (Å²) < 4.78 is 93.4. The van der Waals surface area contributed by atoms with Gasteiger partial charge in [-0.15, -0.1) is 0 Å². The molecule has 0 aliphatic carbocycles. The normalized spacial score (nSPS) is 42.8. The van der Waals surface area contributed by atoms with Gasteiger partial charge in [0.1, 0.15) is 70.9 Å². The molecule has 7 heterocycles. The molecule has 6 aliphatic heterocycles. The van der Waals surface area contributed by atoms with Gasteiger partial charge >= 0.3 is 11.9 Å². The average Bonchev–Trinajstić information content (AvgIpc) is 0.981. The fourth-order valence-corrected chi connectivity index (χ4v) is 19.5. The predicted octanol–water partition coefficient (Wildman–Crippen LogP) is 6.34. The lowest BCUT2D eigenvalue weighted by molar-refractivity contribution is -0.404. The third kappa shape index (κ3) is 28.2. The van der Waals surface area contributed by atoms with E-state index in [0.29, 0.717) is 25.2 Å². The number of hydrogen-bond acceptors (Lipinski definition) is 35. The van der Waals surface area contributed by atoms with E-state index < -0.39 is 208 Å². The second-order valence-electron chi connectivity index (χ2n) is 37.9. The van der Waals surface area contributed by atoms with Crippen molar-refractivity contribution in [2.75, 3.05) is 90.1 Å². The van der Waals surface area contributed by atoms with E-state index in [-0.39, 0.29) is 74.4 Å². The Bertz CT molecular complexity index is 3350. The van der Waals surface area contributed by atoms with Crippen LogP contribution in [0.15, 0.2) is 28.6 Å². The molecule has 36 heteroatoms. The number of likely N-dealkylation sites (N-methyl/N-ethyl adjacent to an activating group) is 2. The number of nitro groups is 1. The summed E-state index contributed by atoms with van der Waals surface area (Å²) in [7, 11) is 19.2. The number of aliphatic hydroxyl groups excluding tert-OH is 6. The number of aliphatic hydroxyl groups is 8. The van der Waals surface area contributed by atoms with Gasteiger partial charge in [-0.05, 0) is 176 Å². The van der Waals surface area contributed by atoms with E-state index in [1.807, 2.05) is 91.9 Å². The minimum Gasteiger partial charge on any atom is -0.464 e. The molecule has 1 aromatic heterocycles. The number of ether oxygens (including phenoxy) is 14. The third-order valence-corrected chi connectivity index (χ3v) is 28.0. The average molecular weight is 1810 g/mol. The van der Waals surface area contributed by atoms with Gasteiger partial charge in [-0.25, -0.2) is 0 Å². The number of nitrogens with one attached hydrogen (secondary N) is 2. The van der Waals surface area contributed by atoms with Crippen LogP contribution in [0.25, 0.3) is 0 Å². The smallest absolute Gasteiger partial charge is 0.311 e. The number of nitrogens with zero attached hydrogens (tertiary/aromatic N) is 4. The van der Waals surface area contributed by atoms with Crippen molar-refractivity contribution in [1.82, 2.24) is 25.3 Å². The van der Waals surface area contributed by atoms with Crippen LogP contribution in [0.2, 0.25) is 0 Å². The summed E-state index contributed by atoms with van der Waals surface area (Å²) in [6.07, 6.45) is -16.5. The van der Waals surface area contributed by atoms with Crippen LogP contribution in [0.4, 0.5) is 0 Å². The fourth-order valence-electron chi connectivity index (χ4n) is 18.8. The molecule has 0 amide bonds. The number of carbonyl (C=O) groups is 4. The highest BCUT2D eigenvalue weighted by Gasteiger charge is 2.58. The van der Waals surface area contributed by atoms with E-state index in [2.05, 4.69) is 15.5 Å². The summed E-state index contributed by atoms with van der Waals surface area (Å²) in [5.41, 5.74) is -8.49. The van der Waals surface area contributed by atoms with Gasteiger partial charge in [0.25, 0.3) is 6.20 Å². The maximum Gasteiger partial charge on any atom is 0.311 e. The summed E-state index contributed by atoms with van der Waals surface area (Å²) >= 11 is 1.72. The van der Waals surface area contributed by atoms with Crippen LogP contribution >= 0.6 is 11.8 Å². The van der Waals surface area contributed by atoms with Crippen molar-refractivity contribution < 1.29 is 136 Å². The van der Waals surface area contributed by atoms with Crippen molar-refractivity contribution >= 4 is 35.3 Å². The van der Waals surface area contributed by atoms with Crippen molar-refractivity contribution in [1.29, 1.82) is 0 Å². The summed E-state index contributed by atoms with van der Waals surface area (Å²) in [5.74, 6) is -4.99. The van der Waals surface area contributed by atoms with Gasteiger partial charge in [0, 0.05) is 108 Å². The number of rotatable bonds is 26. The van der Waals surface area contributed by atoms with Gasteiger partial charge in [-0.2, -0.15) is 11.8 Å². The number of furan rings is 1. The second-order valence-corrected chi connectivity index (χ2v) is 39.0. The van der Waals surface area contributed by atoms with Gasteiger partial charge in [-0.3, -0.25) is 29.3 Å². The Hall–Kier alpha value is -4.27. The van der Waals surface area contributed by atoms with Gasteiger partial charge in [0.05, 0.1) is 113 Å². The molecule has 6 fully saturated rings. The lowest BCUT2D eigenvalue weighted by Gasteiger charge is -2.50. The third-order valence-electron chi connectivity index (χ3n) is 27.0. The maximum atomic E-state index is 14.2. The Morgan fingerprint density at radius 2 is 0.912 bits per heavy atom. The molecule has 0 unspecified atom stereocenters. The van der Waals surface area contributed by atoms with Gasteiger partial charge in [0.2, 0.25) is 0 Å². The minimum atomic E-state index is -1.96. The second kappa shape index (κ2) is 47.9. The quantitative estimate of drug-likeness (QED) is 0.0209. The van der Waals surface area contributed by atoms with E-state index in [1.165, 1.54) is 42.3 Å². The highest BCUT2D eigenvalue weighted by atomic mass is 32.2. The molecular formula is C89H160N6O29S. The maximum absolute atomic E-state index is 14.2. The summed E-state index contributed by atoms with van der Waals surface area (Å²) in [4.78, 5) is 72.1. The zero-order valence-corrected chi connectivity index (χ0v) is 81.2. The largest absolute Gasteiger partial charge is 0.464 e. The molecule has 10 N–H and O–H groups in total. The molecule has 35 nitrogen and oxygen atoms in total. The van der Waals surface area contributed by atoms with Crippen LogP contribution < -0.4 is 10.6 Å². The first-order chi connectivity index (χ1) is 58.0. The van der Waals surface area contributed by atoms with E-state index in [0.717, 1.165) is 35.8 Å². The molecule has 6 aliphatic rings. The van der Waals surface area contributed by atoms with Crippen LogP contribution in [0.3, 0.4) is 0 Å². The number of carbonyl (C=O) groups excluding carboxylic acids is 4. The number of cyclic esters (lactones) is 2. The Kier molecular flexibility index (Phi) is 42.6. The molecule has 726 valence electrons. The van der Waals surface area contributed by atoms with Crippen molar-refractivity contribution in [3.8, 4) is 0 Å². The summed E-state index contributed by atoms with van der Waals surface area (Å²) in [6, 6.07) is 3.42. The lowest BCUT2D eigenvalue weighted by atomic mass is 9.73. The topological polar surface area (TPSA) is 449 Å². The van der Waals surface area contributed by atoms with Crippen LogP contribution in [0, 0.1) is 57.5 Å². The Labute approximate surface area is 746 Å². The van der Waals surface area contributed by atoms with E-state index in [9.17, 15) is 70.1 Å². The number of Topliss-reactive ketones (excluding diaryl/α,β-unsaturated/α-hetero) is 2. The molecule has 6 saturated heterocycles. The molecule has 36 atom stereocenters. The zero-order valence-electron chi connectivity index (χ0n) is 80.4. The molecular weight excluding hydrogens is 1650 g/mol. The zero-order chi connectivity index (χ0) is 95.0. The summed E-state index contributed by atoms with van der Waals surface area (Å²) in [5, 5.41) is 107. The van der Waals surface area contributed by atoms with Gasteiger partial charge in [0.15, 0.2) is 31.0 Å². The number of esters is 2. The van der Waals surface area contributed by atoms with E-state index in [4.69, 9.17) is 70.7 Å². The molecule has 0 saturated carbocycles. The molecule has 0 radical (unpaired) electrons. The molecule has 125 heavy (non-hydrogen) atoms. The minimum absolute atomic E-state index is 0.111. The molecule has 7 rings (SSSR count). The monoisotopic (exact) mass is 1810 g/mol. The Morgan fingerprint density at radius 1 is 0.544 bits per heavy atom. The molecule has 1 aromatic rings. The van der Waals surface area contributed by atoms with Crippen LogP contribution in [0.1, 0.15) is 201 Å². The van der Waals surface area contributed by atoms with Crippen molar-refractivity contribution in [2.45, 2.75) is 371 Å². The first-order valence-corrected chi connectivity index (χ1v) is 45.5. The number of methoxy groups -OCH3 is 4. The first-order valence-electron chi connectivity index (χ1n) is 44.3. The molecule has 0 spiro atoms. The van der Waals surface area contributed by atoms with E-state index in [1.54, 1.807) is 116 Å². The molecule has 0 aromatic carbocycles. The van der Waals surface area contributed by atoms with Crippen LogP contribution in [0.5, 0.6) is 0 Å². The standard InChI is InChI=1S/2C38H69NO13.C13H22N4O3S/c2*1-15-26-38(10,45)31(42)21(4)28(40)19(2)17-37(9,47-14)33(52-35-29(41)25(39(11)12)16-20(3)48-35)22(5)30(23(6)34(44)50-26)51-27-18-36(8,46-13)32(43)24(7)49-27;1-14-13(9-17(18)19)15-6-7-21-10-12-5-4-11(20-12)8-16(2)3/h2*19-27,29-33,35,41-43,45H,15-18H2,1-14H3;4-5,9,14-15H,6-8,10H2,1-3H3/b;;13-9+/t2*19-,20-,21-,22+,23-,24+,25+,26+,27+,29-,30-,31-,32+,33-,35+,36-,37+,38-;/m11./s1. The van der Waals surface area contributed by atoms with Crippen molar-refractivity contribution in [3.05, 3.63) is 45.8 Å². The Balaban J connectivity index is 0.000000361. The van der Waals surface area contributed by atoms with Gasteiger partial charge < -0.3 is 137 Å². The summed E-state index contributed by atoms with van der Waals surface area (Å²) in [6.45, 7) is 35.5. The first kappa shape index (κ1) is 111. The van der Waals surface area contributed by atoms with Gasteiger partial charge in [-0.1, -0.05) is 55.4 Å². The number of ketones is 2. The Morgan fingerprint density at radius 3 is 1.24 bits per heavy atom. The van der Waals surface area contributed by atoms with Crippen LogP contribution in [-0.2, 0) is 97.8 Å². The van der Waals surface area contributed by atoms with Crippen molar-refractivity contribution in [3.63, 3.8) is 0 Å². The lowest BCUT2D eigenvalue weighted by Crippen LogP contribution is -2.61. The highest BCUT2D eigenvalue weighted by molar-refractivity contribution is 7.98. The SMILES string of the molecule is CC[C@@H]1OC(=O)[C@H](C)[C@H](O[C@H]2C[C@@](C)(OC)[C@@H](O)[C@H](C)O2)[C@H](C)[C@@H](O[C@@H]2O[C@H](C)C[C@H](N(C)C)[C@H]2O)[C@@](C)(OC)C[C@@H](C)C(=O)[C@@H](C)[C@@H](O)[C@]1(C)O.CC[C@@H]1OC(=O)[C@H](C)[C@H](O[C@H]2C[C@@](C)(OC)[C@@H](O)[C@H](C)O2)[C@H](C)[C@@H](O[C@@H]2O[C@H](C)C[C@H](N(C)C)[C@H]2O)[C@@](C)(OC)C[C@@H](C)C(=O)[C@@H](C)[C@@H](O)[C@]1(C)O.CN/C(=C\[N+](=O)[O-])NCCSCc1ccc(CN(C)C)o1. The predicted molar refractivity (Wildman–Crippen MR) is 466 cm³/mol. The highest BCUT2D eigenvalue weighted by Crippen LogP contribution is 2.46. The molecule has 0 bridgehead atoms. The van der Waals surface area contributed by atoms with Crippen LogP contribution in [-0.4, -0.2) is 343 Å². The fraction of sp³-hybridized carbons (Fsp3) is 0.888. The number of thioether (sulfide) groups is 1. The van der Waals surface area contributed by atoms with E-state index >= 15 is 0 Å².